The number of carbonyl (C=O) groups is 1. The van der Waals surface area contributed by atoms with Gasteiger partial charge in [-0.25, -0.2) is 15.0 Å². The quantitative estimate of drug-likeness (QED) is 0.794. The number of hydrogen-bond donors (Lipinski definition) is 0. The maximum Gasteiger partial charge on any atom is 0.252 e. The molecule has 2 unspecified atom stereocenters. The highest BCUT2D eigenvalue weighted by atomic mass is 16.5. The average molecular weight is 384 g/mol. The molecule has 1 fully saturated rings. The van der Waals surface area contributed by atoms with Gasteiger partial charge in [0.25, 0.3) is 5.91 Å². The summed E-state index contributed by atoms with van der Waals surface area (Å²) in [6.45, 7) is 8.43. The van der Waals surface area contributed by atoms with Crippen molar-refractivity contribution in [2.45, 2.75) is 45.3 Å². The van der Waals surface area contributed by atoms with Gasteiger partial charge in [-0.2, -0.15) is 0 Å². The van der Waals surface area contributed by atoms with Gasteiger partial charge in [0.2, 0.25) is 0 Å². The first kappa shape index (κ1) is 18.9. The van der Waals surface area contributed by atoms with Crippen LogP contribution >= 0.6 is 0 Å². The second kappa shape index (κ2) is 7.16. The molecule has 2 aliphatic heterocycles. The fourth-order valence-corrected chi connectivity index (χ4v) is 4.58. The number of ether oxygens (including phenoxy) is 1. The lowest BCUT2D eigenvalue weighted by atomic mass is 9.85. The third kappa shape index (κ3) is 2.96. The zero-order valence-corrected chi connectivity index (χ0v) is 17.1. The van der Waals surface area contributed by atoms with Gasteiger partial charge in [0, 0.05) is 57.2 Å². The fourth-order valence-electron chi connectivity index (χ4n) is 4.58. The molecule has 4 heterocycles. The van der Waals surface area contributed by atoms with Gasteiger partial charge < -0.3 is 19.1 Å². The number of aryl methyl sites for hydroxylation is 2. The van der Waals surface area contributed by atoms with Crippen molar-refractivity contribution in [1.82, 2.24) is 24.4 Å². The Bertz CT molecular complexity index is 881. The number of carbonyl (C=O) groups excluding carboxylic acids is 1. The molecule has 1 spiro atoms. The van der Waals surface area contributed by atoms with Gasteiger partial charge >= 0.3 is 0 Å². The van der Waals surface area contributed by atoms with Crippen molar-refractivity contribution in [2.24, 2.45) is 7.05 Å². The van der Waals surface area contributed by atoms with E-state index in [1.165, 1.54) is 5.69 Å². The van der Waals surface area contributed by atoms with Gasteiger partial charge in [0.1, 0.15) is 23.8 Å². The van der Waals surface area contributed by atoms with Gasteiger partial charge in [-0.05, 0) is 27.2 Å². The fraction of sp³-hybridized carbons (Fsp3) is 0.600. The molecule has 0 saturated carbocycles. The molecule has 2 aromatic rings. The van der Waals surface area contributed by atoms with Crippen LogP contribution in [-0.4, -0.2) is 62.7 Å². The molecule has 8 heteroatoms. The van der Waals surface area contributed by atoms with Crippen LogP contribution in [0.5, 0.6) is 0 Å². The Morgan fingerprint density at radius 3 is 2.89 bits per heavy atom. The Kier molecular flexibility index (Phi) is 4.82. The largest absolute Gasteiger partial charge is 0.369 e. The van der Waals surface area contributed by atoms with Gasteiger partial charge in [-0.3, -0.25) is 4.79 Å². The van der Waals surface area contributed by atoms with E-state index in [9.17, 15) is 4.79 Å². The molecule has 2 atom stereocenters. The molecule has 4 rings (SSSR count). The molecule has 8 nitrogen and oxygen atoms in total. The third-order valence-electron chi connectivity index (χ3n) is 5.98. The molecule has 1 saturated heterocycles. The number of amides is 1. The van der Waals surface area contributed by atoms with Gasteiger partial charge in [0.05, 0.1) is 12.0 Å². The van der Waals surface area contributed by atoms with Gasteiger partial charge in [-0.15, -0.1) is 0 Å². The van der Waals surface area contributed by atoms with E-state index in [0.717, 1.165) is 36.6 Å². The molecule has 0 aliphatic carbocycles. The predicted molar refractivity (Wildman–Crippen MR) is 105 cm³/mol. The lowest BCUT2D eigenvalue weighted by Crippen LogP contribution is -2.57. The Morgan fingerprint density at radius 1 is 1.32 bits per heavy atom. The van der Waals surface area contributed by atoms with E-state index in [2.05, 4.69) is 19.4 Å². The number of imidazole rings is 1. The van der Waals surface area contributed by atoms with Crippen molar-refractivity contribution >= 4 is 11.7 Å². The Morgan fingerprint density at radius 2 is 2.14 bits per heavy atom. The van der Waals surface area contributed by atoms with Crippen molar-refractivity contribution in [2.75, 3.05) is 31.1 Å². The van der Waals surface area contributed by atoms with E-state index < -0.39 is 11.6 Å². The maximum atomic E-state index is 13.3. The summed E-state index contributed by atoms with van der Waals surface area (Å²) < 4.78 is 7.71. The second-order valence-corrected chi connectivity index (χ2v) is 7.71. The van der Waals surface area contributed by atoms with Crippen LogP contribution in [-0.2, 0) is 28.5 Å². The van der Waals surface area contributed by atoms with Crippen LogP contribution in [0.4, 0.5) is 5.82 Å². The number of hydrogen-bond acceptors (Lipinski definition) is 6. The molecule has 0 radical (unpaired) electrons. The Balaban J connectivity index is 1.72. The molecular formula is C20H28N6O2. The summed E-state index contributed by atoms with van der Waals surface area (Å²) in [7, 11) is 2.03. The van der Waals surface area contributed by atoms with Crippen LogP contribution < -0.4 is 4.90 Å². The maximum absolute atomic E-state index is 13.3. The van der Waals surface area contributed by atoms with Crippen LogP contribution in [0.2, 0.25) is 0 Å². The second-order valence-electron chi connectivity index (χ2n) is 7.71. The average Bonchev–Trinajstić information content (AvgIpc) is 3.28. The summed E-state index contributed by atoms with van der Waals surface area (Å²) in [4.78, 5) is 30.9. The van der Waals surface area contributed by atoms with Crippen molar-refractivity contribution in [3.8, 4) is 0 Å². The minimum Gasteiger partial charge on any atom is -0.369 e. The zero-order chi connectivity index (χ0) is 19.9. The first-order valence-corrected chi connectivity index (χ1v) is 9.93. The number of anilines is 1. The van der Waals surface area contributed by atoms with E-state index in [0.29, 0.717) is 19.7 Å². The van der Waals surface area contributed by atoms with Crippen LogP contribution in [0.25, 0.3) is 0 Å². The lowest BCUT2D eigenvalue weighted by Gasteiger charge is -2.45. The Hall–Kier alpha value is -2.48. The summed E-state index contributed by atoms with van der Waals surface area (Å²) >= 11 is 0. The molecule has 1 amide bonds. The number of nitrogens with zero attached hydrogens (tertiary/aromatic N) is 6. The van der Waals surface area contributed by atoms with E-state index in [4.69, 9.17) is 9.72 Å². The minimum atomic E-state index is -0.456. The lowest BCUT2D eigenvalue weighted by molar-refractivity contribution is -0.149. The summed E-state index contributed by atoms with van der Waals surface area (Å²) in [6.07, 6.45) is 4.64. The van der Waals surface area contributed by atoms with Crippen molar-refractivity contribution in [3.05, 3.63) is 35.8 Å². The van der Waals surface area contributed by atoms with Crippen molar-refractivity contribution in [1.29, 1.82) is 0 Å². The van der Waals surface area contributed by atoms with E-state index in [-0.39, 0.29) is 5.91 Å². The van der Waals surface area contributed by atoms with Crippen LogP contribution in [0.1, 0.15) is 37.4 Å². The molecule has 0 aromatic carbocycles. The summed E-state index contributed by atoms with van der Waals surface area (Å²) in [6, 6.07) is 2.00. The first-order valence-electron chi connectivity index (χ1n) is 9.93. The smallest absolute Gasteiger partial charge is 0.252 e. The van der Waals surface area contributed by atoms with E-state index in [1.807, 2.05) is 45.1 Å². The first-order chi connectivity index (χ1) is 13.5. The molecule has 0 bridgehead atoms. The molecule has 2 aromatic heterocycles. The number of aromatic nitrogens is 4. The summed E-state index contributed by atoms with van der Waals surface area (Å²) in [5.74, 6) is 0.941. The van der Waals surface area contributed by atoms with E-state index >= 15 is 0 Å². The standard InChI is InChI=1S/C20H28N6O2/c1-5-28-15(3)19(27)26-8-6-16-18(23-13-24(16)4)20(26)7-9-25(11-20)17-10-14(2)21-12-22-17/h10,12-13,15H,5-9,11H2,1-4H3. The predicted octanol–water partition coefficient (Wildman–Crippen LogP) is 1.43. The van der Waals surface area contributed by atoms with Crippen molar-refractivity contribution in [3.63, 3.8) is 0 Å². The molecular weight excluding hydrogens is 356 g/mol. The minimum absolute atomic E-state index is 0.0406. The molecule has 2 aliphatic rings. The highest BCUT2D eigenvalue weighted by Crippen LogP contribution is 2.43. The summed E-state index contributed by atoms with van der Waals surface area (Å²) in [5, 5.41) is 0. The SMILES string of the molecule is CCOC(C)C(=O)N1CCc2c(ncn2C)C12CCN(c1cc(C)ncn1)C2. The molecule has 150 valence electrons. The Labute approximate surface area is 165 Å². The van der Waals surface area contributed by atoms with Gasteiger partial charge in [-0.1, -0.05) is 0 Å². The number of rotatable bonds is 4. The molecule has 0 N–H and O–H groups in total. The molecule has 28 heavy (non-hydrogen) atoms. The van der Waals surface area contributed by atoms with Crippen LogP contribution in [0.3, 0.4) is 0 Å². The highest BCUT2D eigenvalue weighted by molar-refractivity contribution is 5.82. The van der Waals surface area contributed by atoms with Crippen molar-refractivity contribution < 1.29 is 9.53 Å². The monoisotopic (exact) mass is 384 g/mol. The number of fused-ring (bicyclic) bond motifs is 2. The van der Waals surface area contributed by atoms with Crippen LogP contribution in [0, 0.1) is 6.92 Å². The highest BCUT2D eigenvalue weighted by Gasteiger charge is 2.52. The van der Waals surface area contributed by atoms with E-state index in [1.54, 1.807) is 6.33 Å². The summed E-state index contributed by atoms with van der Waals surface area (Å²) in [5.41, 5.74) is 2.72. The zero-order valence-electron chi connectivity index (χ0n) is 17.1. The normalized spacial score (nSPS) is 22.6. The third-order valence-corrected chi connectivity index (χ3v) is 5.98. The van der Waals surface area contributed by atoms with Gasteiger partial charge in [0.15, 0.2) is 0 Å². The topological polar surface area (TPSA) is 76.4 Å². The van der Waals surface area contributed by atoms with Crippen LogP contribution in [0.15, 0.2) is 18.7 Å².